The first-order chi connectivity index (χ1) is 6.88. The molecule has 1 nitrogen and oxygen atoms in total. The zero-order chi connectivity index (χ0) is 9.80. The van der Waals surface area contributed by atoms with Crippen molar-refractivity contribution in [1.82, 2.24) is 5.32 Å². The summed E-state index contributed by atoms with van der Waals surface area (Å²) in [6, 6.07) is 10.9. The van der Waals surface area contributed by atoms with Gasteiger partial charge in [-0.3, -0.25) is 0 Å². The van der Waals surface area contributed by atoms with E-state index in [1.165, 1.54) is 31.5 Å². The normalized spacial score (nSPS) is 24.5. The number of rotatable bonds is 2. The van der Waals surface area contributed by atoms with Gasteiger partial charge in [0.1, 0.15) is 0 Å². The van der Waals surface area contributed by atoms with Crippen molar-refractivity contribution >= 4 is 0 Å². The van der Waals surface area contributed by atoms with Crippen molar-refractivity contribution in [3.05, 3.63) is 35.9 Å². The Morgan fingerprint density at radius 1 is 1.29 bits per heavy atom. The van der Waals surface area contributed by atoms with E-state index in [1.54, 1.807) is 0 Å². The van der Waals surface area contributed by atoms with Crippen LogP contribution in [0, 0.1) is 5.92 Å². The summed E-state index contributed by atoms with van der Waals surface area (Å²) in [5.41, 5.74) is 1.49. The zero-order valence-electron chi connectivity index (χ0n) is 8.87. The van der Waals surface area contributed by atoms with Crippen molar-refractivity contribution in [3.63, 3.8) is 0 Å². The maximum atomic E-state index is 3.49. The molecule has 1 heteroatoms. The molecule has 0 amide bonds. The maximum Gasteiger partial charge on any atom is -0.00148 e. The molecule has 1 N–H and O–H groups in total. The van der Waals surface area contributed by atoms with Gasteiger partial charge < -0.3 is 5.32 Å². The van der Waals surface area contributed by atoms with Gasteiger partial charge in [0.05, 0.1) is 0 Å². The van der Waals surface area contributed by atoms with E-state index in [-0.39, 0.29) is 0 Å². The summed E-state index contributed by atoms with van der Waals surface area (Å²) < 4.78 is 0. The summed E-state index contributed by atoms with van der Waals surface area (Å²) in [5.74, 6) is 1.52. The molecule has 0 saturated carbocycles. The van der Waals surface area contributed by atoms with Gasteiger partial charge >= 0.3 is 0 Å². The molecule has 1 saturated heterocycles. The first kappa shape index (κ1) is 9.72. The predicted molar refractivity (Wildman–Crippen MR) is 60.5 cm³/mol. The van der Waals surface area contributed by atoms with Gasteiger partial charge in [-0.05, 0) is 43.3 Å². The van der Waals surface area contributed by atoms with Gasteiger partial charge in [-0.2, -0.15) is 0 Å². The molecule has 0 aliphatic carbocycles. The lowest BCUT2D eigenvalue weighted by atomic mass is 9.83. The Morgan fingerprint density at radius 3 is 2.71 bits per heavy atom. The van der Waals surface area contributed by atoms with Crippen LogP contribution in [0.15, 0.2) is 30.3 Å². The van der Waals surface area contributed by atoms with Gasteiger partial charge in [0.15, 0.2) is 0 Å². The van der Waals surface area contributed by atoms with Crippen molar-refractivity contribution in [1.29, 1.82) is 0 Å². The highest BCUT2D eigenvalue weighted by Gasteiger charge is 2.20. The summed E-state index contributed by atoms with van der Waals surface area (Å²) in [5, 5.41) is 3.49. The van der Waals surface area contributed by atoms with Crippen LogP contribution in [0.5, 0.6) is 0 Å². The largest absolute Gasteiger partial charge is 0.316 e. The quantitative estimate of drug-likeness (QED) is 0.754. The second-order valence-electron chi connectivity index (χ2n) is 4.31. The van der Waals surface area contributed by atoms with E-state index in [1.807, 2.05) is 0 Å². The fourth-order valence-electron chi connectivity index (χ4n) is 2.33. The second kappa shape index (κ2) is 4.61. The molecule has 1 aromatic rings. The molecule has 1 fully saturated rings. The maximum absolute atomic E-state index is 3.49. The minimum Gasteiger partial charge on any atom is -0.316 e. The summed E-state index contributed by atoms with van der Waals surface area (Å²) in [6.07, 6.45) is 2.71. The van der Waals surface area contributed by atoms with Crippen molar-refractivity contribution in [3.8, 4) is 0 Å². The molecule has 2 unspecified atom stereocenters. The molecule has 1 aromatic carbocycles. The average molecular weight is 189 g/mol. The van der Waals surface area contributed by atoms with Gasteiger partial charge in [0.25, 0.3) is 0 Å². The highest BCUT2D eigenvalue weighted by Crippen LogP contribution is 2.28. The molecular weight excluding hydrogens is 170 g/mol. The van der Waals surface area contributed by atoms with E-state index in [0.717, 1.165) is 5.92 Å². The molecule has 2 rings (SSSR count). The SMILES string of the molecule is CC(c1ccccc1)C1CCCNC1. The van der Waals surface area contributed by atoms with Crippen molar-refractivity contribution in [2.45, 2.75) is 25.7 Å². The Morgan fingerprint density at radius 2 is 2.07 bits per heavy atom. The molecule has 1 heterocycles. The van der Waals surface area contributed by atoms with Crippen LogP contribution in [-0.4, -0.2) is 13.1 Å². The third-order valence-electron chi connectivity index (χ3n) is 3.37. The first-order valence-electron chi connectivity index (χ1n) is 5.63. The van der Waals surface area contributed by atoms with Crippen molar-refractivity contribution in [2.24, 2.45) is 5.92 Å². The molecule has 2 atom stereocenters. The highest BCUT2D eigenvalue weighted by atomic mass is 14.9. The van der Waals surface area contributed by atoms with Gasteiger partial charge in [0, 0.05) is 0 Å². The fraction of sp³-hybridized carbons (Fsp3) is 0.538. The van der Waals surface area contributed by atoms with Crippen LogP contribution < -0.4 is 5.32 Å². The summed E-state index contributed by atoms with van der Waals surface area (Å²) in [4.78, 5) is 0. The molecule has 0 spiro atoms. The van der Waals surface area contributed by atoms with Crippen LogP contribution >= 0.6 is 0 Å². The minimum atomic E-state index is 0.698. The van der Waals surface area contributed by atoms with Crippen LogP contribution in [0.3, 0.4) is 0 Å². The topological polar surface area (TPSA) is 12.0 Å². The molecule has 14 heavy (non-hydrogen) atoms. The number of benzene rings is 1. The Hall–Kier alpha value is -0.820. The Labute approximate surface area is 86.5 Å². The predicted octanol–water partition coefficient (Wildman–Crippen LogP) is 2.79. The first-order valence-corrected chi connectivity index (χ1v) is 5.63. The van der Waals surface area contributed by atoms with Crippen LogP contribution in [-0.2, 0) is 0 Å². The van der Waals surface area contributed by atoms with Gasteiger partial charge in [0.2, 0.25) is 0 Å². The Balaban J connectivity index is 2.03. The van der Waals surface area contributed by atoms with E-state index in [0.29, 0.717) is 5.92 Å². The number of hydrogen-bond donors (Lipinski definition) is 1. The van der Waals surface area contributed by atoms with Crippen molar-refractivity contribution < 1.29 is 0 Å². The van der Waals surface area contributed by atoms with Gasteiger partial charge in [-0.15, -0.1) is 0 Å². The van der Waals surface area contributed by atoms with Crippen LogP contribution in [0.25, 0.3) is 0 Å². The number of piperidine rings is 1. The van der Waals surface area contributed by atoms with E-state index in [9.17, 15) is 0 Å². The fourth-order valence-corrected chi connectivity index (χ4v) is 2.33. The lowest BCUT2D eigenvalue weighted by Gasteiger charge is -2.28. The average Bonchev–Trinajstić information content (AvgIpc) is 2.30. The summed E-state index contributed by atoms with van der Waals surface area (Å²) in [6.45, 7) is 4.75. The lowest BCUT2D eigenvalue weighted by Crippen LogP contribution is -2.32. The van der Waals surface area contributed by atoms with E-state index in [4.69, 9.17) is 0 Å². The van der Waals surface area contributed by atoms with Crippen LogP contribution in [0.4, 0.5) is 0 Å². The molecule has 0 aromatic heterocycles. The zero-order valence-corrected chi connectivity index (χ0v) is 8.87. The lowest BCUT2D eigenvalue weighted by molar-refractivity contribution is 0.334. The second-order valence-corrected chi connectivity index (χ2v) is 4.31. The molecule has 0 bridgehead atoms. The Kier molecular flexibility index (Phi) is 3.20. The Bertz CT molecular complexity index is 262. The third-order valence-corrected chi connectivity index (χ3v) is 3.37. The molecule has 1 aliphatic rings. The van der Waals surface area contributed by atoms with Gasteiger partial charge in [-0.1, -0.05) is 37.3 Å². The van der Waals surface area contributed by atoms with Crippen LogP contribution in [0.2, 0.25) is 0 Å². The molecule has 0 radical (unpaired) electrons. The van der Waals surface area contributed by atoms with Crippen LogP contribution in [0.1, 0.15) is 31.2 Å². The third kappa shape index (κ3) is 2.16. The molecular formula is C13H19N. The van der Waals surface area contributed by atoms with E-state index in [2.05, 4.69) is 42.6 Å². The summed E-state index contributed by atoms with van der Waals surface area (Å²) >= 11 is 0. The standard InChI is InChI=1S/C13H19N/c1-11(12-6-3-2-4-7-12)13-8-5-9-14-10-13/h2-4,6-7,11,13-14H,5,8-10H2,1H3. The highest BCUT2D eigenvalue weighted by molar-refractivity contribution is 5.19. The number of hydrogen-bond acceptors (Lipinski definition) is 1. The van der Waals surface area contributed by atoms with Crippen molar-refractivity contribution in [2.75, 3.05) is 13.1 Å². The van der Waals surface area contributed by atoms with E-state index >= 15 is 0 Å². The molecule has 76 valence electrons. The number of nitrogens with one attached hydrogen (secondary N) is 1. The monoisotopic (exact) mass is 189 g/mol. The molecule has 1 aliphatic heterocycles. The van der Waals surface area contributed by atoms with E-state index < -0.39 is 0 Å². The minimum absolute atomic E-state index is 0.698. The van der Waals surface area contributed by atoms with Gasteiger partial charge in [-0.25, -0.2) is 0 Å². The summed E-state index contributed by atoms with van der Waals surface area (Å²) in [7, 11) is 0. The smallest absolute Gasteiger partial charge is 0.00148 e.